The fourth-order valence-corrected chi connectivity index (χ4v) is 2.28. The number of rotatable bonds is 1. The second-order valence-electron chi connectivity index (χ2n) is 4.20. The van der Waals surface area contributed by atoms with Crippen LogP contribution in [0.2, 0.25) is 11.6 Å². The highest BCUT2D eigenvalue weighted by atomic mass is 28.3. The summed E-state index contributed by atoms with van der Waals surface area (Å²) < 4.78 is 37.1. The van der Waals surface area contributed by atoms with Crippen molar-refractivity contribution in [3.63, 3.8) is 0 Å². The van der Waals surface area contributed by atoms with Crippen molar-refractivity contribution < 1.29 is 18.0 Å². The van der Waals surface area contributed by atoms with Gasteiger partial charge in [-0.3, -0.25) is 4.79 Å². The van der Waals surface area contributed by atoms with Crippen molar-refractivity contribution in [2.24, 2.45) is 0 Å². The van der Waals surface area contributed by atoms with Crippen LogP contribution in [0.25, 0.3) is 0 Å². The van der Waals surface area contributed by atoms with E-state index in [9.17, 15) is 18.0 Å². The second kappa shape index (κ2) is 3.92. The van der Waals surface area contributed by atoms with E-state index in [4.69, 9.17) is 0 Å². The summed E-state index contributed by atoms with van der Waals surface area (Å²) in [6.07, 6.45) is -4.76. The maximum Gasteiger partial charge on any atom is 0.470 e. The van der Waals surface area contributed by atoms with Crippen LogP contribution in [0, 0.1) is 0 Å². The Labute approximate surface area is 83.8 Å². The lowest BCUT2D eigenvalue weighted by Crippen LogP contribution is -2.49. The molecule has 83 valence electrons. The van der Waals surface area contributed by atoms with Crippen LogP contribution in [-0.2, 0) is 4.79 Å². The summed E-state index contributed by atoms with van der Waals surface area (Å²) in [6, 6.07) is 0. The van der Waals surface area contributed by atoms with Crippen LogP contribution in [-0.4, -0.2) is 32.7 Å². The number of halogens is 3. The standard InChI is InChI=1S/C8H15F3NOSi/c1-7(2,3)14(5)12(4)6(13)8(9,10)11/h1-5H3. The molecule has 0 N–H and O–H groups in total. The van der Waals surface area contributed by atoms with E-state index in [0.717, 1.165) is 4.57 Å². The van der Waals surface area contributed by atoms with E-state index in [2.05, 4.69) is 0 Å². The van der Waals surface area contributed by atoms with Gasteiger partial charge < -0.3 is 4.57 Å². The van der Waals surface area contributed by atoms with Crippen LogP contribution in [0.3, 0.4) is 0 Å². The average molecular weight is 226 g/mol. The molecule has 0 aliphatic heterocycles. The van der Waals surface area contributed by atoms with Crippen molar-refractivity contribution in [2.75, 3.05) is 7.05 Å². The van der Waals surface area contributed by atoms with E-state index in [1.807, 2.05) is 20.8 Å². The van der Waals surface area contributed by atoms with Gasteiger partial charge in [-0.2, -0.15) is 13.2 Å². The van der Waals surface area contributed by atoms with Gasteiger partial charge >= 0.3 is 12.1 Å². The summed E-state index contributed by atoms with van der Waals surface area (Å²) in [5, 5.41) is -0.264. The minimum absolute atomic E-state index is 0.264. The number of hydrogen-bond donors (Lipinski definition) is 0. The molecule has 0 aliphatic carbocycles. The zero-order valence-corrected chi connectivity index (χ0v) is 9.99. The maximum absolute atomic E-state index is 12.1. The minimum Gasteiger partial charge on any atom is -0.364 e. The Morgan fingerprint density at radius 1 is 1.21 bits per heavy atom. The van der Waals surface area contributed by atoms with Crippen LogP contribution < -0.4 is 0 Å². The first-order valence-corrected chi connectivity index (χ1v) is 6.11. The summed E-state index contributed by atoms with van der Waals surface area (Å²) in [5.41, 5.74) is 0. The highest BCUT2D eigenvalue weighted by Crippen LogP contribution is 2.30. The van der Waals surface area contributed by atoms with Crippen LogP contribution in [0.15, 0.2) is 0 Å². The van der Waals surface area contributed by atoms with Crippen LogP contribution in [0.5, 0.6) is 0 Å². The van der Waals surface area contributed by atoms with Crippen LogP contribution in [0.4, 0.5) is 13.2 Å². The molecule has 0 aliphatic rings. The number of hydrogen-bond acceptors (Lipinski definition) is 1. The molecular weight excluding hydrogens is 211 g/mol. The molecule has 0 saturated carbocycles. The lowest BCUT2D eigenvalue weighted by Gasteiger charge is -2.33. The number of alkyl halides is 3. The van der Waals surface area contributed by atoms with Gasteiger partial charge in [-0.15, -0.1) is 0 Å². The van der Waals surface area contributed by atoms with Gasteiger partial charge in [0.05, 0.1) is 0 Å². The Morgan fingerprint density at radius 2 is 1.57 bits per heavy atom. The first-order valence-electron chi connectivity index (χ1n) is 4.17. The lowest BCUT2D eigenvalue weighted by molar-refractivity contribution is -0.179. The molecule has 0 aromatic carbocycles. The second-order valence-corrected chi connectivity index (χ2v) is 7.54. The van der Waals surface area contributed by atoms with Gasteiger partial charge in [-0.05, 0) is 5.04 Å². The van der Waals surface area contributed by atoms with E-state index in [1.54, 1.807) is 6.55 Å². The molecule has 14 heavy (non-hydrogen) atoms. The number of carbonyl (C=O) groups is 1. The molecule has 0 rings (SSSR count). The van der Waals surface area contributed by atoms with Gasteiger partial charge in [0.1, 0.15) is 0 Å². The Hall–Kier alpha value is -0.523. The summed E-state index contributed by atoms with van der Waals surface area (Å²) in [6.45, 7) is 7.21. The largest absolute Gasteiger partial charge is 0.470 e. The molecule has 6 heteroatoms. The van der Waals surface area contributed by atoms with Gasteiger partial charge in [-0.1, -0.05) is 27.3 Å². The lowest BCUT2D eigenvalue weighted by atomic mass is 10.3. The predicted molar refractivity (Wildman–Crippen MR) is 50.2 cm³/mol. The van der Waals surface area contributed by atoms with E-state index < -0.39 is 21.0 Å². The number of amides is 1. The van der Waals surface area contributed by atoms with Crippen molar-refractivity contribution in [2.45, 2.75) is 38.5 Å². The van der Waals surface area contributed by atoms with Gasteiger partial charge in [0.25, 0.3) is 0 Å². The third-order valence-electron chi connectivity index (χ3n) is 2.14. The summed E-state index contributed by atoms with van der Waals surface area (Å²) in [7, 11) is -0.283. The molecule has 0 heterocycles. The van der Waals surface area contributed by atoms with Gasteiger partial charge in [-0.25, -0.2) is 0 Å². The topological polar surface area (TPSA) is 20.3 Å². The Bertz CT molecular complexity index is 222. The average Bonchev–Trinajstić information content (AvgIpc) is 1.97. The highest BCUT2D eigenvalue weighted by Gasteiger charge is 2.44. The predicted octanol–water partition coefficient (Wildman–Crippen LogP) is 2.43. The van der Waals surface area contributed by atoms with Crippen molar-refractivity contribution >= 4 is 14.9 Å². The van der Waals surface area contributed by atoms with Crippen molar-refractivity contribution in [3.05, 3.63) is 0 Å². The molecule has 0 aromatic heterocycles. The molecular formula is C8H15F3NOSi. The molecule has 0 unspecified atom stereocenters. The van der Waals surface area contributed by atoms with Crippen LogP contribution >= 0.6 is 0 Å². The zero-order valence-electron chi connectivity index (χ0n) is 8.99. The van der Waals surface area contributed by atoms with Gasteiger partial charge in [0.2, 0.25) is 0 Å². The fraction of sp³-hybridized carbons (Fsp3) is 0.875. The number of carbonyl (C=O) groups excluding carboxylic acids is 1. The number of nitrogens with zero attached hydrogens (tertiary/aromatic N) is 1. The molecule has 2 nitrogen and oxygen atoms in total. The van der Waals surface area contributed by atoms with Crippen molar-refractivity contribution in [1.82, 2.24) is 4.57 Å². The SMILES string of the molecule is CN(C(=O)C(F)(F)F)[Si](C)C(C)(C)C. The Morgan fingerprint density at radius 3 is 1.79 bits per heavy atom. The molecule has 0 bridgehead atoms. The monoisotopic (exact) mass is 226 g/mol. The minimum atomic E-state index is -4.76. The van der Waals surface area contributed by atoms with E-state index in [-0.39, 0.29) is 5.04 Å². The third kappa shape index (κ3) is 3.32. The van der Waals surface area contributed by atoms with E-state index >= 15 is 0 Å². The summed E-state index contributed by atoms with van der Waals surface area (Å²) >= 11 is 0. The molecule has 0 aromatic rings. The highest BCUT2D eigenvalue weighted by molar-refractivity contribution is 6.60. The van der Waals surface area contributed by atoms with E-state index in [0.29, 0.717) is 0 Å². The Balaban J connectivity index is 4.65. The quantitative estimate of drug-likeness (QED) is 0.629. The normalized spacial score (nSPS) is 13.2. The van der Waals surface area contributed by atoms with Crippen molar-refractivity contribution in [1.29, 1.82) is 0 Å². The molecule has 0 spiro atoms. The molecule has 0 saturated heterocycles. The van der Waals surface area contributed by atoms with E-state index in [1.165, 1.54) is 7.05 Å². The Kier molecular flexibility index (Phi) is 3.77. The van der Waals surface area contributed by atoms with Crippen molar-refractivity contribution in [3.8, 4) is 0 Å². The molecule has 1 radical (unpaired) electrons. The molecule has 1 amide bonds. The zero-order chi connectivity index (χ0) is 11.7. The molecule has 0 atom stereocenters. The maximum atomic E-state index is 12.1. The van der Waals surface area contributed by atoms with Crippen LogP contribution in [0.1, 0.15) is 20.8 Å². The summed E-state index contributed by atoms with van der Waals surface area (Å²) in [5.74, 6) is -1.75. The fourth-order valence-electron chi connectivity index (χ4n) is 0.846. The third-order valence-corrected chi connectivity index (χ3v) is 5.52. The first-order chi connectivity index (χ1) is 5.98. The van der Waals surface area contributed by atoms with Gasteiger partial charge in [0.15, 0.2) is 8.96 Å². The molecule has 0 fully saturated rings. The smallest absolute Gasteiger partial charge is 0.364 e. The van der Waals surface area contributed by atoms with Gasteiger partial charge in [0, 0.05) is 7.05 Å². The first kappa shape index (κ1) is 13.5. The summed E-state index contributed by atoms with van der Waals surface area (Å²) in [4.78, 5) is 10.9.